The molecule has 1 aliphatic heterocycles. The Kier molecular flexibility index (Phi) is 5.74. The summed E-state index contributed by atoms with van der Waals surface area (Å²) in [7, 11) is 0. The number of benzene rings is 1. The molecule has 2 rings (SSSR count). The highest BCUT2D eigenvalue weighted by atomic mass is 79.9. The van der Waals surface area contributed by atoms with Gasteiger partial charge in [0, 0.05) is 23.2 Å². The van der Waals surface area contributed by atoms with Gasteiger partial charge in [-0.2, -0.15) is 13.2 Å². The largest absolute Gasteiger partial charge is 0.417 e. The van der Waals surface area contributed by atoms with Crippen molar-refractivity contribution in [2.24, 2.45) is 11.7 Å². The Morgan fingerprint density at radius 3 is 2.71 bits per heavy atom. The van der Waals surface area contributed by atoms with Crippen LogP contribution in [0.4, 0.5) is 18.9 Å². The standard InChI is InChI=1S/C15H17BrF3N3O2/c16-12-4-3-10(6-11(12)15(17,18)19)21-7-13(23)22-5-1-2-9(8-22)14(20)24/h3-4,6,9,21H,1-2,5,7-8H2,(H2,20,24). The van der Waals surface area contributed by atoms with E-state index in [0.717, 1.165) is 6.07 Å². The van der Waals surface area contributed by atoms with Crippen LogP contribution in [0.25, 0.3) is 0 Å². The van der Waals surface area contributed by atoms with E-state index < -0.39 is 17.6 Å². The third-order valence-corrected chi connectivity index (χ3v) is 4.58. The van der Waals surface area contributed by atoms with Crippen molar-refractivity contribution in [3.8, 4) is 0 Å². The van der Waals surface area contributed by atoms with E-state index in [0.29, 0.717) is 19.4 Å². The van der Waals surface area contributed by atoms with Gasteiger partial charge in [0.1, 0.15) is 0 Å². The summed E-state index contributed by atoms with van der Waals surface area (Å²) < 4.78 is 38.5. The number of anilines is 1. The van der Waals surface area contributed by atoms with Gasteiger partial charge in [-0.3, -0.25) is 9.59 Å². The molecule has 9 heteroatoms. The molecule has 1 aliphatic rings. The van der Waals surface area contributed by atoms with Crippen molar-refractivity contribution in [1.82, 2.24) is 4.90 Å². The van der Waals surface area contributed by atoms with E-state index in [1.54, 1.807) is 0 Å². The number of hydrogen-bond acceptors (Lipinski definition) is 3. The Hall–Kier alpha value is -1.77. The number of halogens is 4. The van der Waals surface area contributed by atoms with Crippen molar-refractivity contribution in [1.29, 1.82) is 0 Å². The van der Waals surface area contributed by atoms with Crippen molar-refractivity contribution in [2.75, 3.05) is 25.0 Å². The van der Waals surface area contributed by atoms with Crippen LogP contribution in [-0.2, 0) is 15.8 Å². The summed E-state index contributed by atoms with van der Waals surface area (Å²) in [6.45, 7) is 0.618. The van der Waals surface area contributed by atoms with Crippen LogP contribution in [-0.4, -0.2) is 36.3 Å². The zero-order valence-corrected chi connectivity index (χ0v) is 14.3. The van der Waals surface area contributed by atoms with E-state index in [-0.39, 0.29) is 35.1 Å². The van der Waals surface area contributed by atoms with E-state index in [1.165, 1.54) is 17.0 Å². The number of amides is 2. The average Bonchev–Trinajstić information content (AvgIpc) is 2.52. The number of nitrogens with zero attached hydrogens (tertiary/aromatic N) is 1. The van der Waals surface area contributed by atoms with Crippen molar-refractivity contribution in [3.63, 3.8) is 0 Å². The summed E-state index contributed by atoms with van der Waals surface area (Å²) in [6, 6.07) is 3.68. The molecule has 0 saturated carbocycles. The van der Waals surface area contributed by atoms with E-state index in [4.69, 9.17) is 5.73 Å². The fourth-order valence-corrected chi connectivity index (χ4v) is 3.05. The van der Waals surface area contributed by atoms with Gasteiger partial charge in [-0.05, 0) is 31.0 Å². The number of nitrogens with two attached hydrogens (primary N) is 1. The lowest BCUT2D eigenvalue weighted by Gasteiger charge is -2.31. The van der Waals surface area contributed by atoms with Crippen molar-refractivity contribution in [3.05, 3.63) is 28.2 Å². The van der Waals surface area contributed by atoms with Gasteiger partial charge in [-0.15, -0.1) is 0 Å². The van der Waals surface area contributed by atoms with Gasteiger partial charge in [-0.25, -0.2) is 0 Å². The zero-order valence-electron chi connectivity index (χ0n) is 12.7. The molecule has 1 aromatic rings. The number of hydrogen-bond donors (Lipinski definition) is 2. The second kappa shape index (κ2) is 7.42. The summed E-state index contributed by atoms with van der Waals surface area (Å²) in [6.07, 6.45) is -3.16. The SMILES string of the molecule is NC(=O)C1CCCN(C(=O)CNc2ccc(Br)c(C(F)(F)F)c2)C1. The monoisotopic (exact) mass is 407 g/mol. The van der Waals surface area contributed by atoms with Crippen LogP contribution in [0.2, 0.25) is 0 Å². The van der Waals surface area contributed by atoms with Crippen LogP contribution in [0.1, 0.15) is 18.4 Å². The number of primary amides is 1. The molecule has 132 valence electrons. The first-order valence-electron chi connectivity index (χ1n) is 7.36. The maximum Gasteiger partial charge on any atom is 0.417 e. The number of alkyl halides is 3. The fourth-order valence-electron chi connectivity index (χ4n) is 2.58. The van der Waals surface area contributed by atoms with Crippen LogP contribution < -0.4 is 11.1 Å². The first-order chi connectivity index (χ1) is 11.2. The van der Waals surface area contributed by atoms with E-state index in [1.807, 2.05) is 0 Å². The van der Waals surface area contributed by atoms with E-state index >= 15 is 0 Å². The number of piperidine rings is 1. The lowest BCUT2D eigenvalue weighted by molar-refractivity contribution is -0.138. The molecule has 1 heterocycles. The van der Waals surface area contributed by atoms with Gasteiger partial charge >= 0.3 is 6.18 Å². The lowest BCUT2D eigenvalue weighted by atomic mass is 9.97. The minimum Gasteiger partial charge on any atom is -0.376 e. The summed E-state index contributed by atoms with van der Waals surface area (Å²) >= 11 is 2.86. The Morgan fingerprint density at radius 1 is 1.38 bits per heavy atom. The highest BCUT2D eigenvalue weighted by molar-refractivity contribution is 9.10. The van der Waals surface area contributed by atoms with Crippen LogP contribution in [0.15, 0.2) is 22.7 Å². The molecule has 3 N–H and O–H groups in total. The van der Waals surface area contributed by atoms with Gasteiger partial charge in [0.15, 0.2) is 0 Å². The van der Waals surface area contributed by atoms with Gasteiger partial charge in [-0.1, -0.05) is 15.9 Å². The Bertz CT molecular complexity index is 637. The highest BCUT2D eigenvalue weighted by Gasteiger charge is 2.33. The molecule has 0 aromatic heterocycles. The lowest BCUT2D eigenvalue weighted by Crippen LogP contribution is -2.45. The summed E-state index contributed by atoms with van der Waals surface area (Å²) in [5.74, 6) is -1.09. The zero-order chi connectivity index (χ0) is 17.9. The van der Waals surface area contributed by atoms with E-state index in [9.17, 15) is 22.8 Å². The molecule has 2 amide bonds. The molecule has 1 atom stereocenters. The van der Waals surface area contributed by atoms with Crippen LogP contribution in [0, 0.1) is 5.92 Å². The van der Waals surface area contributed by atoms with Crippen LogP contribution >= 0.6 is 15.9 Å². The van der Waals surface area contributed by atoms with Crippen LogP contribution in [0.3, 0.4) is 0 Å². The molecule has 1 saturated heterocycles. The maximum absolute atomic E-state index is 12.9. The molecule has 1 fully saturated rings. The number of nitrogens with one attached hydrogen (secondary N) is 1. The third-order valence-electron chi connectivity index (χ3n) is 3.89. The molecule has 5 nitrogen and oxygen atoms in total. The second-order valence-corrected chi connectivity index (χ2v) is 6.48. The Balaban J connectivity index is 1.98. The third kappa shape index (κ3) is 4.62. The molecule has 0 aliphatic carbocycles. The first-order valence-corrected chi connectivity index (χ1v) is 8.15. The Morgan fingerprint density at radius 2 is 2.08 bits per heavy atom. The van der Waals surface area contributed by atoms with E-state index in [2.05, 4.69) is 21.2 Å². The van der Waals surface area contributed by atoms with Crippen molar-refractivity contribution >= 4 is 33.4 Å². The number of carbonyl (C=O) groups excluding carboxylic acids is 2. The normalized spacial score (nSPS) is 18.3. The fraction of sp³-hybridized carbons (Fsp3) is 0.467. The number of likely N-dealkylation sites (tertiary alicyclic amines) is 1. The predicted octanol–water partition coefficient (Wildman–Crippen LogP) is 2.60. The number of carbonyl (C=O) groups is 2. The Labute approximate surface area is 145 Å². The smallest absolute Gasteiger partial charge is 0.376 e. The second-order valence-electron chi connectivity index (χ2n) is 5.63. The van der Waals surface area contributed by atoms with Crippen molar-refractivity contribution in [2.45, 2.75) is 19.0 Å². The van der Waals surface area contributed by atoms with Gasteiger partial charge in [0.25, 0.3) is 0 Å². The van der Waals surface area contributed by atoms with Gasteiger partial charge < -0.3 is 16.0 Å². The molecule has 0 radical (unpaired) electrons. The molecule has 1 aromatic carbocycles. The van der Waals surface area contributed by atoms with Gasteiger partial charge in [0.2, 0.25) is 11.8 Å². The minimum absolute atomic E-state index is 0.0628. The summed E-state index contributed by atoms with van der Waals surface area (Å²) in [5, 5.41) is 2.70. The quantitative estimate of drug-likeness (QED) is 0.805. The minimum atomic E-state index is -4.48. The highest BCUT2D eigenvalue weighted by Crippen LogP contribution is 2.36. The maximum atomic E-state index is 12.9. The number of rotatable bonds is 4. The summed E-state index contributed by atoms with van der Waals surface area (Å²) in [4.78, 5) is 24.9. The van der Waals surface area contributed by atoms with Gasteiger partial charge in [0.05, 0.1) is 18.0 Å². The topological polar surface area (TPSA) is 75.4 Å². The van der Waals surface area contributed by atoms with Crippen LogP contribution in [0.5, 0.6) is 0 Å². The molecule has 1 unspecified atom stereocenters. The molecular formula is C15H17BrF3N3O2. The van der Waals surface area contributed by atoms with Crippen molar-refractivity contribution < 1.29 is 22.8 Å². The first kappa shape index (κ1) is 18.6. The predicted molar refractivity (Wildman–Crippen MR) is 86.1 cm³/mol. The molecule has 0 spiro atoms. The molecule has 24 heavy (non-hydrogen) atoms. The average molecular weight is 408 g/mol. The molecule has 0 bridgehead atoms. The summed E-state index contributed by atoms with van der Waals surface area (Å²) in [5.41, 5.74) is 4.65. The molecular weight excluding hydrogens is 391 g/mol.